The Balaban J connectivity index is 4.08. The highest BCUT2D eigenvalue weighted by atomic mass is 16.7. The van der Waals surface area contributed by atoms with Crippen LogP contribution in [0, 0.1) is 0 Å². The van der Waals surface area contributed by atoms with E-state index in [1.807, 2.05) is 21.1 Å². The molecule has 0 fully saturated rings. The second-order valence-electron chi connectivity index (χ2n) is 29.0. The molecule has 0 aliphatic rings. The van der Waals surface area contributed by atoms with Crippen molar-refractivity contribution >= 4 is 17.9 Å². The normalized spacial score (nSPS) is 13.8. The first kappa shape index (κ1) is 101. The molecule has 9 heteroatoms. The summed E-state index contributed by atoms with van der Waals surface area (Å²) in [7, 11) is 5.93. The lowest BCUT2D eigenvalue weighted by atomic mass is 10.0. The highest BCUT2D eigenvalue weighted by Gasteiger charge is 2.22. The minimum atomic E-state index is -1.63. The number of carbonyl (C=O) groups excluding carboxylic acids is 3. The van der Waals surface area contributed by atoms with Crippen LogP contribution in [0.2, 0.25) is 0 Å². The monoisotopic (exact) mass is 1480 g/mol. The Labute approximate surface area is 657 Å². The minimum Gasteiger partial charge on any atom is -0.545 e. The summed E-state index contributed by atoms with van der Waals surface area (Å²) in [5.74, 6) is -2.29. The van der Waals surface area contributed by atoms with Crippen molar-refractivity contribution in [2.45, 2.75) is 334 Å². The predicted octanol–water partition coefficient (Wildman–Crippen LogP) is 27.0. The Morgan fingerprint density at radius 3 is 0.748 bits per heavy atom. The fourth-order valence-corrected chi connectivity index (χ4v) is 11.3. The Hall–Kier alpha value is -6.39. The fraction of sp³-hybridized carbons (Fsp3) is 0.602. The zero-order chi connectivity index (χ0) is 77.4. The van der Waals surface area contributed by atoms with Crippen molar-refractivity contribution < 1.29 is 42.9 Å². The Morgan fingerprint density at radius 1 is 0.280 bits per heavy atom. The molecule has 0 aromatic carbocycles. The van der Waals surface area contributed by atoms with Crippen LogP contribution < -0.4 is 5.11 Å². The van der Waals surface area contributed by atoms with Gasteiger partial charge in [-0.05, 0) is 154 Å². The summed E-state index contributed by atoms with van der Waals surface area (Å²) in [5, 5.41) is 11.9. The molecule has 0 spiro atoms. The molecule has 0 aliphatic carbocycles. The second kappa shape index (κ2) is 85.2. The van der Waals surface area contributed by atoms with Crippen LogP contribution in [0.5, 0.6) is 0 Å². The average Bonchev–Trinajstić information content (AvgIpc) is 0.928. The maximum atomic E-state index is 13.0. The first-order valence-corrected chi connectivity index (χ1v) is 42.9. The molecule has 0 saturated carbocycles. The largest absolute Gasteiger partial charge is 0.545 e. The fourth-order valence-electron chi connectivity index (χ4n) is 11.3. The quantitative estimate of drug-likeness (QED) is 0.0195. The number of ether oxygens (including phenoxy) is 4. The van der Waals surface area contributed by atoms with E-state index in [0.29, 0.717) is 17.4 Å². The molecular weight excluding hydrogens is 1320 g/mol. The lowest BCUT2D eigenvalue weighted by Gasteiger charge is -2.26. The van der Waals surface area contributed by atoms with Crippen molar-refractivity contribution in [1.29, 1.82) is 0 Å². The Kier molecular flexibility index (Phi) is 80.1. The number of hydrogen-bond donors (Lipinski definition) is 0. The number of carboxylic acids is 1. The summed E-state index contributed by atoms with van der Waals surface area (Å²) < 4.78 is 22.9. The standard InChI is InChI=1S/C98H157NO8/c1-6-8-10-12-14-16-18-20-22-24-26-28-30-32-34-36-38-40-42-44-46-48-50-52-54-56-58-60-62-64-66-68-70-72-74-76-78-80-82-84-86-88-95(100)105-92-94(93-106-98(97(102)103)104-91-90-99(3,4)5)107-96(101)89-87-85-83-81-79-77-75-73-71-69-67-65-63-61-59-57-55-53-51-49-47-45-43-41-39-37-35-33-31-29-27-25-23-21-19-17-15-13-11-9-7-2/h8-11,14-17,20-23,26-29,32-35,38-41,44-47,50-53,56-59,94,98H,6-7,12-13,18-19,24-25,30-31,36-37,42-43,48-49,54-55,60-93H2,1-5H3/b10-8-,11-9-,16-14-,17-15-,22-20-,23-21-,28-26-,29-27-,34-32-,35-33-,40-38-,41-39-,46-44-,47-45-,52-50-,53-51-,58-56-,59-57-. The number of likely N-dealkylation sites (N-methyl/N-ethyl adjacent to an activating group) is 1. The van der Waals surface area contributed by atoms with E-state index in [-0.39, 0.29) is 38.6 Å². The van der Waals surface area contributed by atoms with Crippen molar-refractivity contribution in [2.24, 2.45) is 0 Å². The lowest BCUT2D eigenvalue weighted by Crippen LogP contribution is -2.44. The molecule has 107 heavy (non-hydrogen) atoms. The van der Waals surface area contributed by atoms with Gasteiger partial charge in [0.2, 0.25) is 0 Å². The van der Waals surface area contributed by atoms with E-state index < -0.39 is 24.3 Å². The van der Waals surface area contributed by atoms with Gasteiger partial charge < -0.3 is 33.3 Å². The first-order chi connectivity index (χ1) is 52.6. The number of carbonyl (C=O) groups is 3. The van der Waals surface area contributed by atoms with Gasteiger partial charge in [-0.25, -0.2) is 0 Å². The molecule has 602 valence electrons. The highest BCUT2D eigenvalue weighted by Crippen LogP contribution is 2.17. The number of allylic oxidation sites excluding steroid dienone is 36. The number of aliphatic carboxylic acids is 1. The third kappa shape index (κ3) is 86.7. The number of rotatable bonds is 77. The predicted molar refractivity (Wildman–Crippen MR) is 462 cm³/mol. The van der Waals surface area contributed by atoms with E-state index in [2.05, 4.69) is 233 Å². The number of quaternary nitrogens is 1. The average molecular weight is 1480 g/mol. The van der Waals surface area contributed by atoms with Crippen molar-refractivity contribution in [3.05, 3.63) is 219 Å². The molecule has 0 rings (SSSR count). The van der Waals surface area contributed by atoms with Gasteiger partial charge in [-0.1, -0.05) is 374 Å². The molecular formula is C98H157NO8. The van der Waals surface area contributed by atoms with Gasteiger partial charge in [-0.3, -0.25) is 9.59 Å². The van der Waals surface area contributed by atoms with E-state index in [0.717, 1.165) is 154 Å². The Morgan fingerprint density at radius 2 is 0.505 bits per heavy atom. The third-order valence-corrected chi connectivity index (χ3v) is 17.7. The van der Waals surface area contributed by atoms with Crippen LogP contribution in [0.3, 0.4) is 0 Å². The Bertz CT molecular complexity index is 2580. The summed E-state index contributed by atoms with van der Waals surface area (Å²) in [6, 6.07) is 0. The van der Waals surface area contributed by atoms with E-state index in [1.165, 1.54) is 135 Å². The van der Waals surface area contributed by atoms with Crippen LogP contribution >= 0.6 is 0 Å². The van der Waals surface area contributed by atoms with Gasteiger partial charge in [0.25, 0.3) is 0 Å². The number of carboxylic acid groups (broad SMARTS) is 1. The molecule has 0 bridgehead atoms. The zero-order valence-corrected chi connectivity index (χ0v) is 68.9. The molecule has 2 unspecified atom stereocenters. The van der Waals surface area contributed by atoms with Crippen LogP contribution in [0.1, 0.15) is 322 Å². The summed E-state index contributed by atoms with van der Waals surface area (Å²) in [5.41, 5.74) is 0. The first-order valence-electron chi connectivity index (χ1n) is 42.9. The minimum absolute atomic E-state index is 0.139. The molecule has 2 atom stereocenters. The smallest absolute Gasteiger partial charge is 0.306 e. The lowest BCUT2D eigenvalue weighted by molar-refractivity contribution is -0.870. The van der Waals surface area contributed by atoms with Gasteiger partial charge in [0.05, 0.1) is 40.3 Å². The van der Waals surface area contributed by atoms with E-state index >= 15 is 0 Å². The zero-order valence-electron chi connectivity index (χ0n) is 68.9. The third-order valence-electron chi connectivity index (χ3n) is 17.7. The highest BCUT2D eigenvalue weighted by molar-refractivity contribution is 5.70. The number of esters is 2. The maximum Gasteiger partial charge on any atom is 0.306 e. The van der Waals surface area contributed by atoms with Crippen molar-refractivity contribution in [3.8, 4) is 0 Å². The summed E-state index contributed by atoms with van der Waals surface area (Å²) >= 11 is 0. The summed E-state index contributed by atoms with van der Waals surface area (Å²) in [4.78, 5) is 37.7. The van der Waals surface area contributed by atoms with Gasteiger partial charge in [0, 0.05) is 12.8 Å². The van der Waals surface area contributed by atoms with Crippen molar-refractivity contribution in [2.75, 3.05) is 47.5 Å². The molecule has 0 saturated heterocycles. The van der Waals surface area contributed by atoms with Crippen LogP contribution in [0.25, 0.3) is 0 Å². The number of nitrogens with zero attached hydrogens (tertiary/aromatic N) is 1. The molecule has 0 aromatic heterocycles. The van der Waals surface area contributed by atoms with Gasteiger partial charge in [0.15, 0.2) is 12.4 Å². The molecule has 0 amide bonds. The molecule has 0 N–H and O–H groups in total. The maximum absolute atomic E-state index is 13.0. The van der Waals surface area contributed by atoms with Crippen molar-refractivity contribution in [3.63, 3.8) is 0 Å². The molecule has 0 radical (unpaired) electrons. The van der Waals surface area contributed by atoms with Crippen LogP contribution in [-0.4, -0.2) is 82.3 Å². The molecule has 9 nitrogen and oxygen atoms in total. The van der Waals surface area contributed by atoms with Crippen molar-refractivity contribution in [1.82, 2.24) is 0 Å². The second-order valence-corrected chi connectivity index (χ2v) is 29.0. The number of unbranched alkanes of at least 4 members (excludes halogenated alkanes) is 26. The van der Waals surface area contributed by atoms with Crippen LogP contribution in [-0.2, 0) is 33.3 Å². The van der Waals surface area contributed by atoms with E-state index in [9.17, 15) is 19.5 Å². The van der Waals surface area contributed by atoms with E-state index in [4.69, 9.17) is 18.9 Å². The van der Waals surface area contributed by atoms with Gasteiger partial charge in [0.1, 0.15) is 13.2 Å². The SMILES string of the molecule is CC/C=C\C/C=C\C/C=C\C/C=C\C/C=C\C/C=C\C/C=C\C/C=C\C/C=C\CCCCCCCCCCCCCCCC(=O)OCC(COC(OCC[N+](C)(C)C)C(=O)[O-])OC(=O)CCCCCCCCCCCCCCC/C=C\C/C=C\C/C=C\C/C=C\C/C=C\C/C=C\C/C=C\C/C=C\C/C=C\CC. The summed E-state index contributed by atoms with van der Waals surface area (Å²) in [6.07, 6.45) is 131. The topological polar surface area (TPSA) is 111 Å². The molecule has 0 aliphatic heterocycles. The molecule has 0 heterocycles. The summed E-state index contributed by atoms with van der Waals surface area (Å²) in [6.45, 7) is 4.52. The molecule has 0 aromatic rings. The van der Waals surface area contributed by atoms with Gasteiger partial charge >= 0.3 is 11.9 Å². The van der Waals surface area contributed by atoms with Gasteiger partial charge in [-0.2, -0.15) is 0 Å². The van der Waals surface area contributed by atoms with Gasteiger partial charge in [-0.15, -0.1) is 0 Å². The van der Waals surface area contributed by atoms with Crippen LogP contribution in [0.4, 0.5) is 0 Å². The van der Waals surface area contributed by atoms with Crippen LogP contribution in [0.15, 0.2) is 219 Å². The van der Waals surface area contributed by atoms with E-state index in [1.54, 1.807) is 0 Å². The number of hydrogen-bond acceptors (Lipinski definition) is 8.